The van der Waals surface area contributed by atoms with Crippen molar-refractivity contribution in [2.75, 3.05) is 61.4 Å². The van der Waals surface area contributed by atoms with Crippen LogP contribution < -0.4 is 0 Å². The number of Topliss-reactive ketones (excluding diaryl/α,β-unsaturated/α-hetero) is 3. The highest BCUT2D eigenvalue weighted by Crippen LogP contribution is 2.38. The van der Waals surface area contributed by atoms with Crippen molar-refractivity contribution in [3.8, 4) is 0 Å². The number of carbonyl (C=O) groups excluding carboxylic acids is 5. The standard InChI is InChI=1S/C56H89NO15/c1-35-17-13-12-14-18-36(2)47(70-28-27-69-26-25-65-8)33-43-22-20-41(7)56(64,72-43)53(61)54(62)57-24-16-15-19-44(57)55(63)71-48(38(4)31-42-21-23-46(66-9)49(32-42)67-10)34-45(58)37(3)30-40(6)51(60)52(68-11)50(59)39(5)29-35/h12-14,17-18,30,35,37-39,41-44,46-49,51-52,60,64H,15-16,19-29,31-34H2,1-11H3/b14-12?,17-13+,36-18?,40-30+/t35-,37-,38-,39-,41-,42+,43+,44+,46-,47-,48+,49-,51-,52+,56-/m1/s1. The van der Waals surface area contributed by atoms with Crippen molar-refractivity contribution in [1.82, 2.24) is 4.90 Å². The van der Waals surface area contributed by atoms with E-state index in [4.69, 9.17) is 37.9 Å². The van der Waals surface area contributed by atoms with Crippen LogP contribution >= 0.6 is 0 Å². The quantitative estimate of drug-likeness (QED) is 0.0837. The Balaban J connectivity index is 1.71. The summed E-state index contributed by atoms with van der Waals surface area (Å²) in [6.07, 6.45) is 12.3. The second-order valence-corrected chi connectivity index (χ2v) is 21.0. The number of ketones is 3. The summed E-state index contributed by atoms with van der Waals surface area (Å²) < 4.78 is 46.8. The summed E-state index contributed by atoms with van der Waals surface area (Å²) in [7, 11) is 6.32. The Morgan fingerprint density at radius 3 is 2.22 bits per heavy atom. The molecule has 2 bridgehead atoms. The van der Waals surface area contributed by atoms with Crippen molar-refractivity contribution in [2.24, 2.45) is 35.5 Å². The van der Waals surface area contributed by atoms with Crippen molar-refractivity contribution >= 4 is 29.2 Å². The van der Waals surface area contributed by atoms with Crippen molar-refractivity contribution in [2.45, 2.75) is 180 Å². The van der Waals surface area contributed by atoms with Gasteiger partial charge in [0.2, 0.25) is 5.79 Å². The Kier molecular flexibility index (Phi) is 25.6. The summed E-state index contributed by atoms with van der Waals surface area (Å²) in [6.45, 7) is 14.2. The molecule has 0 aromatic heterocycles. The van der Waals surface area contributed by atoms with E-state index < -0.39 is 77.8 Å². The van der Waals surface area contributed by atoms with Crippen molar-refractivity contribution in [3.63, 3.8) is 0 Å². The third kappa shape index (κ3) is 17.3. The number of fused-ring (bicyclic) bond motifs is 3. The lowest BCUT2D eigenvalue weighted by atomic mass is 9.78. The second kappa shape index (κ2) is 30.2. The van der Waals surface area contributed by atoms with Crippen molar-refractivity contribution < 1.29 is 72.1 Å². The Morgan fingerprint density at radius 1 is 0.806 bits per heavy atom. The number of methoxy groups -OCH3 is 4. The summed E-state index contributed by atoms with van der Waals surface area (Å²) in [5.74, 6) is -7.94. The number of allylic oxidation sites excluding steroid dienone is 6. The first-order valence-electron chi connectivity index (χ1n) is 26.5. The van der Waals surface area contributed by atoms with Gasteiger partial charge in [0.25, 0.3) is 11.7 Å². The third-order valence-electron chi connectivity index (χ3n) is 15.4. The molecule has 4 aliphatic rings. The molecule has 1 aliphatic carbocycles. The molecule has 1 amide bonds. The van der Waals surface area contributed by atoms with Crippen LogP contribution in [0.25, 0.3) is 0 Å². The predicted octanol–water partition coefficient (Wildman–Crippen LogP) is 6.87. The van der Waals surface area contributed by atoms with Gasteiger partial charge in [-0.05, 0) is 107 Å². The van der Waals surface area contributed by atoms with Gasteiger partial charge in [-0.3, -0.25) is 19.2 Å². The molecule has 16 heteroatoms. The SMILES string of the molecule is COCCOCCO[C@@H]1C[C@@H]2CC[C@@H](C)[C@@](O)(O2)C(=O)C(=O)N2CCCC[C@H]2C(=O)O[C@H]([C@H](C)C[C@@H]2CC[C@@H](OC)[C@H](OC)C2)CC(=O)[C@H](C)/C=C(\C)[C@@H](O)[C@@H](OC)C(=O)[C@H](C)C[C@H](C)/C=C/C=CC=C1C. The first-order valence-corrected chi connectivity index (χ1v) is 26.5. The van der Waals surface area contributed by atoms with Gasteiger partial charge < -0.3 is 53.0 Å². The molecule has 2 saturated heterocycles. The Hall–Kier alpha value is -3.45. The minimum absolute atomic E-state index is 0.000925. The van der Waals surface area contributed by atoms with Crippen molar-refractivity contribution in [1.29, 1.82) is 0 Å². The van der Waals surface area contributed by atoms with Gasteiger partial charge in [0, 0.05) is 65.6 Å². The topological polar surface area (TPSA) is 203 Å². The predicted molar refractivity (Wildman–Crippen MR) is 272 cm³/mol. The average Bonchev–Trinajstić information content (AvgIpc) is 3.36. The zero-order valence-electron chi connectivity index (χ0n) is 45.2. The number of carbonyl (C=O) groups is 5. The van der Waals surface area contributed by atoms with Gasteiger partial charge in [-0.25, -0.2) is 4.79 Å². The van der Waals surface area contributed by atoms with Crippen LogP contribution in [0.1, 0.15) is 126 Å². The number of ether oxygens (including phenoxy) is 8. The molecule has 3 fully saturated rings. The summed E-state index contributed by atoms with van der Waals surface area (Å²) in [5, 5.41) is 23.7. The maximum Gasteiger partial charge on any atom is 0.329 e. The molecule has 4 rings (SSSR count). The van der Waals surface area contributed by atoms with Crippen LogP contribution in [-0.2, 0) is 61.9 Å². The van der Waals surface area contributed by atoms with Crippen molar-refractivity contribution in [3.05, 3.63) is 47.6 Å². The summed E-state index contributed by atoms with van der Waals surface area (Å²) >= 11 is 0. The van der Waals surface area contributed by atoms with Gasteiger partial charge in [-0.1, -0.05) is 71.1 Å². The highest BCUT2D eigenvalue weighted by atomic mass is 16.6. The fourth-order valence-corrected chi connectivity index (χ4v) is 10.8. The van der Waals surface area contributed by atoms with Gasteiger partial charge in [0.15, 0.2) is 5.78 Å². The Bertz CT molecular complexity index is 1880. The van der Waals surface area contributed by atoms with Gasteiger partial charge in [0.1, 0.15) is 30.1 Å². The molecular formula is C56H89NO15. The minimum atomic E-state index is -2.47. The number of piperidine rings is 1. The lowest BCUT2D eigenvalue weighted by molar-refractivity contribution is -0.266. The number of aliphatic hydroxyl groups is 2. The molecule has 0 aromatic rings. The molecule has 408 valence electrons. The smallest absolute Gasteiger partial charge is 0.329 e. The molecule has 3 aliphatic heterocycles. The molecule has 0 radical (unpaired) electrons. The summed E-state index contributed by atoms with van der Waals surface area (Å²) in [4.78, 5) is 72.6. The van der Waals surface area contributed by atoms with Gasteiger partial charge in [-0.15, -0.1) is 0 Å². The number of amides is 1. The van der Waals surface area contributed by atoms with E-state index in [-0.39, 0.29) is 73.9 Å². The van der Waals surface area contributed by atoms with E-state index in [1.54, 1.807) is 48.2 Å². The Morgan fingerprint density at radius 2 is 1.53 bits per heavy atom. The van der Waals surface area contributed by atoms with Gasteiger partial charge >= 0.3 is 5.97 Å². The molecule has 1 saturated carbocycles. The van der Waals surface area contributed by atoms with Crippen LogP contribution in [-0.4, -0.2) is 160 Å². The van der Waals surface area contributed by atoms with Crippen LogP contribution in [0.5, 0.6) is 0 Å². The van der Waals surface area contributed by atoms with Crippen LogP contribution in [0.4, 0.5) is 0 Å². The van der Waals surface area contributed by atoms with E-state index in [0.29, 0.717) is 63.9 Å². The maximum absolute atomic E-state index is 14.5. The zero-order valence-corrected chi connectivity index (χ0v) is 45.2. The van der Waals surface area contributed by atoms with E-state index in [1.807, 2.05) is 58.1 Å². The molecule has 0 aromatic carbocycles. The van der Waals surface area contributed by atoms with E-state index in [2.05, 4.69) is 0 Å². The maximum atomic E-state index is 14.5. The van der Waals surface area contributed by atoms with E-state index in [0.717, 1.165) is 24.8 Å². The highest BCUT2D eigenvalue weighted by molar-refractivity contribution is 6.39. The number of aliphatic hydroxyl groups excluding tert-OH is 1. The molecule has 72 heavy (non-hydrogen) atoms. The second-order valence-electron chi connectivity index (χ2n) is 21.0. The molecule has 2 N–H and O–H groups in total. The fraction of sp³-hybridized carbons (Fsp3) is 0.768. The first kappa shape index (κ1) is 61.1. The molecule has 0 unspecified atom stereocenters. The summed E-state index contributed by atoms with van der Waals surface area (Å²) in [6, 6.07) is -1.15. The lowest BCUT2D eigenvalue weighted by Gasteiger charge is -2.43. The fourth-order valence-electron chi connectivity index (χ4n) is 10.8. The largest absolute Gasteiger partial charge is 0.460 e. The number of nitrogens with zero attached hydrogens (tertiary/aromatic N) is 1. The van der Waals surface area contributed by atoms with Gasteiger partial charge in [-0.2, -0.15) is 0 Å². The Labute approximate surface area is 429 Å². The lowest BCUT2D eigenvalue weighted by Crippen LogP contribution is -2.61. The monoisotopic (exact) mass is 1020 g/mol. The molecule has 16 nitrogen and oxygen atoms in total. The average molecular weight is 1020 g/mol. The minimum Gasteiger partial charge on any atom is -0.460 e. The van der Waals surface area contributed by atoms with Crippen LogP contribution in [0.3, 0.4) is 0 Å². The molecular weight excluding hydrogens is 927 g/mol. The number of cyclic esters (lactones) is 1. The number of esters is 1. The number of hydrogen-bond acceptors (Lipinski definition) is 15. The molecule has 15 atom stereocenters. The first-order chi connectivity index (χ1) is 34.3. The summed E-state index contributed by atoms with van der Waals surface area (Å²) in [5.41, 5.74) is 1.24. The van der Waals surface area contributed by atoms with Gasteiger partial charge in [0.05, 0.1) is 50.8 Å². The highest BCUT2D eigenvalue weighted by Gasteiger charge is 2.53. The zero-order chi connectivity index (χ0) is 53.1. The van der Waals surface area contributed by atoms with Crippen LogP contribution in [0, 0.1) is 35.5 Å². The third-order valence-corrected chi connectivity index (χ3v) is 15.4. The van der Waals surface area contributed by atoms with E-state index in [9.17, 15) is 34.2 Å². The molecule has 3 heterocycles. The van der Waals surface area contributed by atoms with Crippen LogP contribution in [0.15, 0.2) is 47.6 Å². The number of hydrogen-bond donors (Lipinski definition) is 2. The van der Waals surface area contributed by atoms with E-state index in [1.165, 1.54) is 12.0 Å². The normalized spacial score (nSPS) is 36.5. The van der Waals surface area contributed by atoms with E-state index >= 15 is 0 Å². The van der Waals surface area contributed by atoms with Crippen LogP contribution in [0.2, 0.25) is 0 Å². The number of rotatable bonds is 13. The molecule has 0 spiro atoms.